The Balaban J connectivity index is 1.43. The highest BCUT2D eigenvalue weighted by Crippen LogP contribution is 2.21. The van der Waals surface area contributed by atoms with Crippen molar-refractivity contribution in [3.8, 4) is 0 Å². The van der Waals surface area contributed by atoms with Gasteiger partial charge in [-0.1, -0.05) is 23.8 Å². The number of carbonyl (C=O) groups excluding carboxylic acids is 2. The predicted molar refractivity (Wildman–Crippen MR) is 103 cm³/mol. The van der Waals surface area contributed by atoms with Crippen molar-refractivity contribution in [2.45, 2.75) is 13.5 Å². The minimum atomic E-state index is -0.504. The van der Waals surface area contributed by atoms with Crippen LogP contribution in [0.15, 0.2) is 47.2 Å². The van der Waals surface area contributed by atoms with Crippen molar-refractivity contribution in [3.05, 3.63) is 63.3 Å². The second-order valence-corrected chi connectivity index (χ2v) is 7.26. The normalized spacial score (nSPS) is 10.3. The van der Waals surface area contributed by atoms with Gasteiger partial charge in [0.2, 0.25) is 0 Å². The zero-order valence-electron chi connectivity index (χ0n) is 14.0. The summed E-state index contributed by atoms with van der Waals surface area (Å²) in [7, 11) is 0. The van der Waals surface area contributed by atoms with Crippen molar-refractivity contribution in [2.75, 3.05) is 11.9 Å². The monoisotopic (exact) mass is 387 g/mol. The van der Waals surface area contributed by atoms with Crippen LogP contribution in [0, 0.1) is 6.92 Å². The first-order valence-corrected chi connectivity index (χ1v) is 9.61. The number of anilines is 2. The van der Waals surface area contributed by atoms with Crippen molar-refractivity contribution in [2.24, 2.45) is 0 Å². The molecule has 0 spiro atoms. The van der Waals surface area contributed by atoms with E-state index in [0.717, 1.165) is 10.8 Å². The molecule has 0 aliphatic heterocycles. The number of amides is 1. The topological polar surface area (TPSA) is 80.3 Å². The molecule has 2 N–H and O–H groups in total. The summed E-state index contributed by atoms with van der Waals surface area (Å²) in [5.41, 5.74) is 2.79. The van der Waals surface area contributed by atoms with E-state index in [9.17, 15) is 9.59 Å². The van der Waals surface area contributed by atoms with Gasteiger partial charge in [-0.25, -0.2) is 4.98 Å². The Morgan fingerprint density at radius 2 is 1.96 bits per heavy atom. The molecule has 2 aromatic heterocycles. The molecule has 3 rings (SSSR count). The van der Waals surface area contributed by atoms with Crippen LogP contribution in [-0.4, -0.2) is 23.4 Å². The maximum absolute atomic E-state index is 11.8. The van der Waals surface area contributed by atoms with Crippen molar-refractivity contribution in [1.82, 2.24) is 10.3 Å². The maximum Gasteiger partial charge on any atom is 0.325 e. The van der Waals surface area contributed by atoms with Crippen LogP contribution >= 0.6 is 22.7 Å². The van der Waals surface area contributed by atoms with E-state index in [4.69, 9.17) is 4.74 Å². The fourth-order valence-corrected chi connectivity index (χ4v) is 3.40. The van der Waals surface area contributed by atoms with Crippen LogP contribution in [-0.2, 0) is 16.1 Å². The molecule has 1 amide bonds. The Morgan fingerprint density at radius 3 is 2.69 bits per heavy atom. The maximum atomic E-state index is 11.8. The lowest BCUT2D eigenvalue weighted by Crippen LogP contribution is -2.30. The fraction of sp³-hybridized carbons (Fsp3) is 0.167. The zero-order valence-corrected chi connectivity index (χ0v) is 15.7. The van der Waals surface area contributed by atoms with Crippen LogP contribution < -0.4 is 10.6 Å². The number of ether oxygens (including phenoxy) is 1. The van der Waals surface area contributed by atoms with Crippen molar-refractivity contribution in [1.29, 1.82) is 0 Å². The molecule has 26 heavy (non-hydrogen) atoms. The highest BCUT2D eigenvalue weighted by atomic mass is 32.1. The van der Waals surface area contributed by atoms with Gasteiger partial charge in [-0.3, -0.25) is 9.59 Å². The summed E-state index contributed by atoms with van der Waals surface area (Å²) in [5.74, 6) is -0.786. The van der Waals surface area contributed by atoms with Gasteiger partial charge in [0.25, 0.3) is 5.91 Å². The summed E-state index contributed by atoms with van der Waals surface area (Å²) < 4.78 is 5.14. The molecule has 2 heterocycles. The molecule has 134 valence electrons. The number of thiazole rings is 1. The zero-order chi connectivity index (χ0) is 18.4. The average molecular weight is 387 g/mol. The Kier molecular flexibility index (Phi) is 5.98. The third-order valence-electron chi connectivity index (χ3n) is 3.37. The molecular formula is C18H17N3O3S2. The molecular weight excluding hydrogens is 370 g/mol. The molecule has 8 heteroatoms. The van der Waals surface area contributed by atoms with E-state index in [2.05, 4.69) is 15.6 Å². The molecule has 0 unspecified atom stereocenters. The molecule has 0 fully saturated rings. The van der Waals surface area contributed by atoms with E-state index in [1.54, 1.807) is 17.5 Å². The number of esters is 1. The SMILES string of the molecule is Cc1ccc(Nc2nc(COC(=O)CNC(=O)c3cccs3)cs2)cc1. The standard InChI is InChI=1S/C18H17N3O3S2/c1-12-4-6-13(7-5-12)20-18-21-14(11-26-18)10-24-16(22)9-19-17(23)15-3-2-8-25-15/h2-8,11H,9-10H2,1H3,(H,19,23)(H,20,21). The van der Waals surface area contributed by atoms with Crippen LogP contribution in [0.25, 0.3) is 0 Å². The molecule has 0 aliphatic carbocycles. The Bertz CT molecular complexity index is 873. The van der Waals surface area contributed by atoms with Gasteiger partial charge in [-0.2, -0.15) is 0 Å². The van der Waals surface area contributed by atoms with Crippen LogP contribution in [0.5, 0.6) is 0 Å². The van der Waals surface area contributed by atoms with E-state index in [0.29, 0.717) is 10.6 Å². The van der Waals surface area contributed by atoms with Gasteiger partial charge in [-0.15, -0.1) is 22.7 Å². The van der Waals surface area contributed by atoms with Crippen molar-refractivity contribution < 1.29 is 14.3 Å². The first kappa shape index (κ1) is 18.1. The number of thiophene rings is 1. The lowest BCUT2D eigenvalue weighted by molar-refractivity contribution is -0.143. The number of rotatable bonds is 7. The lowest BCUT2D eigenvalue weighted by atomic mass is 10.2. The first-order valence-electron chi connectivity index (χ1n) is 7.85. The van der Waals surface area contributed by atoms with Crippen molar-refractivity contribution in [3.63, 3.8) is 0 Å². The van der Waals surface area contributed by atoms with Crippen molar-refractivity contribution >= 4 is 45.4 Å². The second-order valence-electron chi connectivity index (χ2n) is 5.46. The van der Waals surface area contributed by atoms with Gasteiger partial charge in [0.1, 0.15) is 13.2 Å². The van der Waals surface area contributed by atoms with Crippen LogP contribution in [0.2, 0.25) is 0 Å². The second kappa shape index (κ2) is 8.59. The highest BCUT2D eigenvalue weighted by molar-refractivity contribution is 7.13. The molecule has 0 aliphatic rings. The van der Waals surface area contributed by atoms with Gasteiger partial charge in [0.05, 0.1) is 10.6 Å². The Morgan fingerprint density at radius 1 is 1.15 bits per heavy atom. The Hall–Kier alpha value is -2.71. The number of aromatic nitrogens is 1. The molecule has 0 radical (unpaired) electrons. The van der Waals surface area contributed by atoms with Gasteiger partial charge in [0, 0.05) is 11.1 Å². The largest absolute Gasteiger partial charge is 0.458 e. The van der Waals surface area contributed by atoms with Gasteiger partial charge in [-0.05, 0) is 30.5 Å². The van der Waals surface area contributed by atoms with E-state index in [1.165, 1.54) is 28.2 Å². The molecule has 0 bridgehead atoms. The number of carbonyl (C=O) groups is 2. The number of benzene rings is 1. The molecule has 3 aromatic rings. The smallest absolute Gasteiger partial charge is 0.325 e. The van der Waals surface area contributed by atoms with E-state index in [1.807, 2.05) is 36.6 Å². The van der Waals surface area contributed by atoms with E-state index >= 15 is 0 Å². The highest BCUT2D eigenvalue weighted by Gasteiger charge is 2.10. The van der Waals surface area contributed by atoms with Crippen LogP contribution in [0.3, 0.4) is 0 Å². The molecule has 1 aromatic carbocycles. The number of hydrogen-bond acceptors (Lipinski definition) is 7. The third kappa shape index (κ3) is 5.14. The molecule has 6 nitrogen and oxygen atoms in total. The number of hydrogen-bond donors (Lipinski definition) is 2. The van der Waals surface area contributed by atoms with Gasteiger partial charge in [0.15, 0.2) is 5.13 Å². The molecule has 0 atom stereocenters. The minimum Gasteiger partial charge on any atom is -0.458 e. The third-order valence-corrected chi connectivity index (χ3v) is 5.05. The lowest BCUT2D eigenvalue weighted by Gasteiger charge is -2.04. The number of nitrogens with zero attached hydrogens (tertiary/aromatic N) is 1. The fourth-order valence-electron chi connectivity index (χ4n) is 2.04. The predicted octanol–water partition coefficient (Wildman–Crippen LogP) is 3.73. The summed E-state index contributed by atoms with van der Waals surface area (Å²) in [6, 6.07) is 11.5. The summed E-state index contributed by atoms with van der Waals surface area (Å²) >= 11 is 2.75. The quantitative estimate of drug-likeness (QED) is 0.604. The van der Waals surface area contributed by atoms with Crippen LogP contribution in [0.1, 0.15) is 20.9 Å². The minimum absolute atomic E-state index is 0.0692. The first-order chi connectivity index (χ1) is 12.6. The van der Waals surface area contributed by atoms with Gasteiger partial charge >= 0.3 is 5.97 Å². The van der Waals surface area contributed by atoms with E-state index < -0.39 is 5.97 Å². The number of aryl methyl sites for hydroxylation is 1. The summed E-state index contributed by atoms with van der Waals surface area (Å²) in [6.45, 7) is 1.93. The van der Waals surface area contributed by atoms with Gasteiger partial charge < -0.3 is 15.4 Å². The number of nitrogens with one attached hydrogen (secondary N) is 2. The average Bonchev–Trinajstić information content (AvgIpc) is 3.32. The van der Waals surface area contributed by atoms with Crippen LogP contribution in [0.4, 0.5) is 10.8 Å². The summed E-state index contributed by atoms with van der Waals surface area (Å²) in [5, 5.41) is 10.1. The summed E-state index contributed by atoms with van der Waals surface area (Å²) in [6.07, 6.45) is 0. The van der Waals surface area contributed by atoms with E-state index in [-0.39, 0.29) is 19.1 Å². The summed E-state index contributed by atoms with van der Waals surface area (Å²) in [4.78, 5) is 28.4. The molecule has 0 saturated heterocycles. The Labute approximate surface area is 158 Å². The molecule has 0 saturated carbocycles.